The molecular weight excluding hydrogens is 399 g/mol. The molecule has 0 unspecified atom stereocenters. The van der Waals surface area contributed by atoms with Gasteiger partial charge in [0, 0.05) is 6.54 Å². The summed E-state index contributed by atoms with van der Waals surface area (Å²) in [6.07, 6.45) is 1.19. The van der Waals surface area contributed by atoms with Crippen LogP contribution in [0.15, 0.2) is 40.9 Å². The summed E-state index contributed by atoms with van der Waals surface area (Å²) in [6, 6.07) is 9.87. The summed E-state index contributed by atoms with van der Waals surface area (Å²) in [5, 5.41) is 4.13. The molecule has 0 N–H and O–H groups in total. The fourth-order valence-corrected chi connectivity index (χ4v) is 3.35. The fourth-order valence-electron chi connectivity index (χ4n) is 3.10. The maximum Gasteiger partial charge on any atom is 0.214 e. The molecule has 0 spiro atoms. The molecule has 0 aliphatic carbocycles. The van der Waals surface area contributed by atoms with Crippen LogP contribution >= 0.6 is 11.6 Å². The number of benzene rings is 2. The monoisotopic (exact) mass is 418 g/mol. The van der Waals surface area contributed by atoms with Gasteiger partial charge < -0.3 is 18.9 Å². The predicted molar refractivity (Wildman–Crippen MR) is 108 cm³/mol. The van der Waals surface area contributed by atoms with E-state index in [0.29, 0.717) is 42.3 Å². The fraction of sp³-hybridized carbons (Fsp3) is 0.238. The van der Waals surface area contributed by atoms with Crippen molar-refractivity contribution < 1.29 is 23.2 Å². The van der Waals surface area contributed by atoms with Crippen LogP contribution in [0.25, 0.3) is 11.3 Å². The summed E-state index contributed by atoms with van der Waals surface area (Å²) in [6.45, 7) is 1.98. The average molecular weight is 419 g/mol. The Labute approximate surface area is 172 Å². The quantitative estimate of drug-likeness (QED) is 0.497. The zero-order valence-electron chi connectivity index (χ0n) is 16.2. The molecular formula is C21H20ClFN2O4. The van der Waals surface area contributed by atoms with Crippen LogP contribution in [0.5, 0.6) is 11.5 Å². The van der Waals surface area contributed by atoms with Crippen molar-refractivity contribution in [3.63, 3.8) is 0 Å². The summed E-state index contributed by atoms with van der Waals surface area (Å²) < 4.78 is 30.2. The lowest BCUT2D eigenvalue weighted by molar-refractivity contribution is -0.107. The Morgan fingerprint density at radius 3 is 2.62 bits per heavy atom. The van der Waals surface area contributed by atoms with E-state index in [4.69, 9.17) is 25.6 Å². The van der Waals surface area contributed by atoms with Gasteiger partial charge in [-0.1, -0.05) is 28.9 Å². The van der Waals surface area contributed by atoms with Crippen LogP contribution in [0.1, 0.15) is 11.3 Å². The van der Waals surface area contributed by atoms with E-state index in [1.165, 1.54) is 17.0 Å². The third-order valence-electron chi connectivity index (χ3n) is 4.53. The first kappa shape index (κ1) is 20.7. The Kier molecular flexibility index (Phi) is 6.39. The van der Waals surface area contributed by atoms with E-state index in [2.05, 4.69) is 5.16 Å². The molecule has 1 heterocycles. The van der Waals surface area contributed by atoms with Gasteiger partial charge in [0.05, 0.1) is 24.8 Å². The topological polar surface area (TPSA) is 64.8 Å². The van der Waals surface area contributed by atoms with E-state index < -0.39 is 5.82 Å². The largest absolute Gasteiger partial charge is 0.493 e. The first-order valence-corrected chi connectivity index (χ1v) is 9.21. The zero-order valence-corrected chi connectivity index (χ0v) is 17.0. The number of halogens is 2. The van der Waals surface area contributed by atoms with E-state index in [1.54, 1.807) is 33.3 Å². The lowest BCUT2D eigenvalue weighted by Crippen LogP contribution is -2.24. The SMILES string of the molecule is COc1ccc(CCN(C=O)c2c(-c3c(F)cccc3Cl)noc2C)cc1OC. The molecule has 0 fully saturated rings. The minimum atomic E-state index is -0.544. The number of ether oxygens (including phenoxy) is 2. The second kappa shape index (κ2) is 8.96. The van der Waals surface area contributed by atoms with Crippen molar-refractivity contribution in [2.75, 3.05) is 25.7 Å². The van der Waals surface area contributed by atoms with Gasteiger partial charge in [-0.2, -0.15) is 0 Å². The standard InChI is InChI=1S/C21H20ClFN2O4/c1-13-21(20(24-29-13)19-15(22)5-4-6-16(19)23)25(12-26)10-9-14-7-8-17(27-2)18(11-14)28-3/h4-8,11-12H,9-10H2,1-3H3. The molecule has 3 rings (SSSR count). The van der Waals surface area contributed by atoms with Gasteiger partial charge >= 0.3 is 0 Å². The highest BCUT2D eigenvalue weighted by atomic mass is 35.5. The summed E-state index contributed by atoms with van der Waals surface area (Å²) in [7, 11) is 3.12. The smallest absolute Gasteiger partial charge is 0.214 e. The Bertz CT molecular complexity index is 1000. The van der Waals surface area contributed by atoms with Gasteiger partial charge in [0.25, 0.3) is 0 Å². The third-order valence-corrected chi connectivity index (χ3v) is 4.85. The number of carbonyl (C=O) groups is 1. The Morgan fingerprint density at radius 2 is 1.97 bits per heavy atom. The van der Waals surface area contributed by atoms with Gasteiger partial charge in [-0.05, 0) is 43.2 Å². The number of hydrogen-bond acceptors (Lipinski definition) is 5. The summed E-state index contributed by atoms with van der Waals surface area (Å²) in [4.78, 5) is 13.3. The Hall–Kier alpha value is -3.06. The van der Waals surface area contributed by atoms with Crippen molar-refractivity contribution in [3.05, 3.63) is 58.6 Å². The second-order valence-corrected chi connectivity index (χ2v) is 6.68. The third kappa shape index (κ3) is 4.19. The van der Waals surface area contributed by atoms with Crippen LogP contribution < -0.4 is 14.4 Å². The number of rotatable bonds is 8. The molecule has 1 amide bonds. The molecule has 0 aliphatic heterocycles. The number of hydrogen-bond donors (Lipinski definition) is 0. The summed E-state index contributed by atoms with van der Waals surface area (Å²) in [5.41, 5.74) is 1.60. The molecule has 29 heavy (non-hydrogen) atoms. The van der Waals surface area contributed by atoms with Crippen molar-refractivity contribution in [3.8, 4) is 22.8 Å². The van der Waals surface area contributed by atoms with Crippen LogP contribution in [0.3, 0.4) is 0 Å². The van der Waals surface area contributed by atoms with Gasteiger partial charge in [0.2, 0.25) is 6.41 Å². The van der Waals surface area contributed by atoms with Crippen molar-refractivity contribution in [1.29, 1.82) is 0 Å². The molecule has 0 radical (unpaired) electrons. The second-order valence-electron chi connectivity index (χ2n) is 6.27. The molecule has 3 aromatic rings. The highest BCUT2D eigenvalue weighted by molar-refractivity contribution is 6.33. The minimum absolute atomic E-state index is 0.0963. The van der Waals surface area contributed by atoms with Crippen LogP contribution in [0, 0.1) is 12.7 Å². The molecule has 2 aromatic carbocycles. The molecule has 8 heteroatoms. The maximum absolute atomic E-state index is 14.4. The van der Waals surface area contributed by atoms with E-state index in [-0.39, 0.29) is 16.3 Å². The lowest BCUT2D eigenvalue weighted by atomic mass is 10.1. The summed E-state index contributed by atoms with van der Waals surface area (Å²) >= 11 is 6.17. The highest BCUT2D eigenvalue weighted by Crippen LogP contribution is 2.38. The Balaban J connectivity index is 1.90. The number of methoxy groups -OCH3 is 2. The average Bonchev–Trinajstić information content (AvgIpc) is 3.09. The van der Waals surface area contributed by atoms with E-state index in [9.17, 15) is 9.18 Å². The molecule has 1 aromatic heterocycles. The van der Waals surface area contributed by atoms with Crippen molar-refractivity contribution in [1.82, 2.24) is 5.16 Å². The van der Waals surface area contributed by atoms with Gasteiger partial charge in [0.15, 0.2) is 17.3 Å². The zero-order chi connectivity index (χ0) is 21.0. The van der Waals surface area contributed by atoms with Crippen molar-refractivity contribution in [2.24, 2.45) is 0 Å². The van der Waals surface area contributed by atoms with Gasteiger partial charge in [0.1, 0.15) is 17.2 Å². The molecule has 6 nitrogen and oxygen atoms in total. The first-order chi connectivity index (χ1) is 14.0. The van der Waals surface area contributed by atoms with E-state index in [0.717, 1.165) is 5.56 Å². The van der Waals surface area contributed by atoms with E-state index >= 15 is 0 Å². The number of aryl methyl sites for hydroxylation is 1. The number of anilines is 1. The maximum atomic E-state index is 14.4. The van der Waals surface area contributed by atoms with Crippen LogP contribution in [0.4, 0.5) is 10.1 Å². The highest BCUT2D eigenvalue weighted by Gasteiger charge is 2.24. The van der Waals surface area contributed by atoms with Gasteiger partial charge in [-0.25, -0.2) is 4.39 Å². The molecule has 0 saturated carbocycles. The molecule has 0 aliphatic rings. The molecule has 152 valence electrons. The van der Waals surface area contributed by atoms with Crippen LogP contribution in [-0.4, -0.2) is 32.3 Å². The van der Waals surface area contributed by atoms with Gasteiger partial charge in [-0.3, -0.25) is 4.79 Å². The predicted octanol–water partition coefficient (Wildman–Crippen LogP) is 4.67. The van der Waals surface area contributed by atoms with Crippen molar-refractivity contribution >= 4 is 23.7 Å². The molecule has 0 atom stereocenters. The molecule has 0 bridgehead atoms. The normalized spacial score (nSPS) is 10.7. The summed E-state index contributed by atoms with van der Waals surface area (Å²) in [5.74, 6) is 1.06. The molecule has 0 saturated heterocycles. The van der Waals surface area contributed by atoms with Crippen LogP contribution in [-0.2, 0) is 11.2 Å². The van der Waals surface area contributed by atoms with Crippen LogP contribution in [0.2, 0.25) is 5.02 Å². The minimum Gasteiger partial charge on any atom is -0.493 e. The number of carbonyl (C=O) groups excluding carboxylic acids is 1. The number of nitrogens with zero attached hydrogens (tertiary/aromatic N) is 2. The van der Waals surface area contributed by atoms with E-state index in [1.807, 2.05) is 12.1 Å². The van der Waals surface area contributed by atoms with Gasteiger partial charge in [-0.15, -0.1) is 0 Å². The first-order valence-electron chi connectivity index (χ1n) is 8.83. The van der Waals surface area contributed by atoms with Crippen molar-refractivity contribution in [2.45, 2.75) is 13.3 Å². The Morgan fingerprint density at radius 1 is 1.21 bits per heavy atom. The number of amides is 1. The lowest BCUT2D eigenvalue weighted by Gasteiger charge is -2.18. The number of aromatic nitrogens is 1.